The Labute approximate surface area is 85.7 Å². The first kappa shape index (κ1) is 7.99. The number of nitrogens with zero attached hydrogens (tertiary/aromatic N) is 4. The van der Waals surface area contributed by atoms with Crippen LogP contribution in [0.4, 0.5) is 5.95 Å². The molecule has 16 heavy (non-hydrogen) atoms. The molecule has 0 fully saturated rings. The second-order valence-corrected chi connectivity index (χ2v) is 4.54. The van der Waals surface area contributed by atoms with Gasteiger partial charge in [-0.2, -0.15) is 14.5 Å². The molecule has 6 bridgehead atoms. The van der Waals surface area contributed by atoms with E-state index in [2.05, 4.69) is 9.97 Å². The molecular formula is C5H2N5O5P. The van der Waals surface area contributed by atoms with E-state index in [0.717, 1.165) is 9.46 Å². The van der Waals surface area contributed by atoms with E-state index in [1.165, 1.54) is 0 Å². The maximum atomic E-state index is 11.8. The molecule has 82 valence electrons. The van der Waals surface area contributed by atoms with Crippen molar-refractivity contribution >= 4 is 24.9 Å². The highest BCUT2D eigenvalue weighted by atomic mass is 31.2. The number of nitrogen functional groups attached to an aromatic ring is 1. The number of hydrogen-bond acceptors (Lipinski definition) is 8. The fraction of sp³-hybridized carbons (Fsp3) is 0. The van der Waals surface area contributed by atoms with Gasteiger partial charge in [0.2, 0.25) is 11.6 Å². The molecule has 10 nitrogen and oxygen atoms in total. The predicted octanol–water partition coefficient (Wildman–Crippen LogP) is -1.45. The fourth-order valence-corrected chi connectivity index (χ4v) is 2.70. The van der Waals surface area contributed by atoms with Gasteiger partial charge >= 0.3 is 19.4 Å². The molecule has 11 heteroatoms. The topological polar surface area (TPSA) is 123 Å². The SMILES string of the molecule is Nc1nc(=O)c2c3nc4n2OP(=O)(O4)On13. The van der Waals surface area contributed by atoms with Crippen molar-refractivity contribution in [3.05, 3.63) is 10.4 Å². The van der Waals surface area contributed by atoms with Crippen LogP contribution < -0.4 is 25.1 Å². The molecule has 0 spiro atoms. The van der Waals surface area contributed by atoms with Crippen molar-refractivity contribution in [1.82, 2.24) is 19.4 Å². The van der Waals surface area contributed by atoms with E-state index in [1.807, 2.05) is 0 Å². The molecule has 2 aromatic heterocycles. The highest BCUT2D eigenvalue weighted by Crippen LogP contribution is 2.51. The number of phosphoric acid groups is 1. The third-order valence-corrected chi connectivity index (χ3v) is 3.28. The summed E-state index contributed by atoms with van der Waals surface area (Å²) in [7, 11) is -3.85. The Kier molecular flexibility index (Phi) is 0.999. The van der Waals surface area contributed by atoms with Gasteiger partial charge in [-0.3, -0.25) is 14.0 Å². The summed E-state index contributed by atoms with van der Waals surface area (Å²) in [4.78, 5) is 18.9. The molecule has 2 aromatic rings. The molecule has 1 atom stereocenters. The highest BCUT2D eigenvalue weighted by Gasteiger charge is 2.49. The van der Waals surface area contributed by atoms with Crippen molar-refractivity contribution in [1.29, 1.82) is 0 Å². The van der Waals surface area contributed by atoms with Crippen molar-refractivity contribution in [3.63, 3.8) is 0 Å². The van der Waals surface area contributed by atoms with Crippen LogP contribution in [0.2, 0.25) is 0 Å². The van der Waals surface area contributed by atoms with Crippen molar-refractivity contribution < 1.29 is 18.3 Å². The number of rotatable bonds is 0. The summed E-state index contributed by atoms with van der Waals surface area (Å²) in [5.74, 6) is -0.273. The van der Waals surface area contributed by atoms with Gasteiger partial charge in [-0.05, 0) is 0 Å². The quantitative estimate of drug-likeness (QED) is 0.557. The molecule has 3 aliphatic rings. The monoisotopic (exact) mass is 243 g/mol. The van der Waals surface area contributed by atoms with E-state index in [1.54, 1.807) is 0 Å². The second-order valence-electron chi connectivity index (χ2n) is 3.13. The van der Waals surface area contributed by atoms with Crippen LogP contribution in [0.15, 0.2) is 4.79 Å². The van der Waals surface area contributed by atoms with Gasteiger partial charge in [0.25, 0.3) is 0 Å². The lowest BCUT2D eigenvalue weighted by molar-refractivity contribution is 0.189. The van der Waals surface area contributed by atoms with Gasteiger partial charge in [0.15, 0.2) is 5.52 Å². The molecular weight excluding hydrogens is 241 g/mol. The van der Waals surface area contributed by atoms with Gasteiger partial charge < -0.3 is 10.3 Å². The zero-order chi connectivity index (χ0) is 11.1. The first-order valence-electron chi connectivity index (χ1n) is 4.08. The standard InChI is InChI=1S/C5H2N5O5P/c6-4-8-3(11)1-2-7-5-9(1)14-16(12,13-5)15-10(2)4/h(H2,6,8,11). The summed E-state index contributed by atoms with van der Waals surface area (Å²) in [5.41, 5.74) is 4.81. The maximum Gasteiger partial charge on any atom is 0.689 e. The molecule has 2 N–H and O–H groups in total. The minimum Gasteiger partial charge on any atom is -0.367 e. The van der Waals surface area contributed by atoms with E-state index in [-0.39, 0.29) is 23.1 Å². The Hall–Kier alpha value is -2.22. The van der Waals surface area contributed by atoms with Gasteiger partial charge in [-0.1, -0.05) is 0 Å². The molecule has 5 heterocycles. The lowest BCUT2D eigenvalue weighted by Gasteiger charge is -2.08. The van der Waals surface area contributed by atoms with E-state index < -0.39 is 13.4 Å². The van der Waals surface area contributed by atoms with Gasteiger partial charge in [0.1, 0.15) is 0 Å². The number of nitrogens with two attached hydrogens (primary N) is 1. The van der Waals surface area contributed by atoms with Crippen LogP contribution in [0.3, 0.4) is 0 Å². The van der Waals surface area contributed by atoms with Crippen LogP contribution in [-0.4, -0.2) is 19.4 Å². The summed E-state index contributed by atoms with van der Waals surface area (Å²) < 4.78 is 28.2. The van der Waals surface area contributed by atoms with Gasteiger partial charge in [-0.25, -0.2) is 0 Å². The molecule has 0 saturated carbocycles. The van der Waals surface area contributed by atoms with E-state index >= 15 is 0 Å². The van der Waals surface area contributed by atoms with Gasteiger partial charge in [0.05, 0.1) is 0 Å². The largest absolute Gasteiger partial charge is 0.689 e. The third-order valence-electron chi connectivity index (χ3n) is 2.17. The number of imidazole rings is 1. The van der Waals surface area contributed by atoms with Crippen molar-refractivity contribution in [2.75, 3.05) is 5.73 Å². The molecule has 1 unspecified atom stereocenters. The number of aromatic nitrogens is 4. The second kappa shape index (κ2) is 2.00. The minimum absolute atomic E-state index is 0.0283. The average Bonchev–Trinajstić information content (AvgIpc) is 2.54. The molecule has 0 saturated heterocycles. The smallest absolute Gasteiger partial charge is 0.367 e. The summed E-state index contributed by atoms with van der Waals surface area (Å²) in [6.07, 6.45) is 0. The lowest BCUT2D eigenvalue weighted by atomic mass is 10.5. The van der Waals surface area contributed by atoms with Crippen molar-refractivity contribution in [3.8, 4) is 6.01 Å². The maximum absolute atomic E-state index is 11.8. The van der Waals surface area contributed by atoms with Crippen LogP contribution >= 0.6 is 7.82 Å². The lowest BCUT2D eigenvalue weighted by Crippen LogP contribution is -2.21. The number of anilines is 1. The van der Waals surface area contributed by atoms with Crippen LogP contribution in [-0.2, 0) is 4.57 Å². The normalized spacial score (nSPS) is 24.2. The summed E-state index contributed by atoms with van der Waals surface area (Å²) in [6, 6.07) is -0.117. The van der Waals surface area contributed by atoms with E-state index in [9.17, 15) is 9.36 Å². The zero-order valence-corrected chi connectivity index (χ0v) is 8.25. The van der Waals surface area contributed by atoms with Gasteiger partial charge in [-0.15, -0.1) is 9.46 Å². The average molecular weight is 243 g/mol. The van der Waals surface area contributed by atoms with Crippen LogP contribution in [0.5, 0.6) is 6.01 Å². The summed E-state index contributed by atoms with van der Waals surface area (Å²) in [6.45, 7) is 0. The molecule has 0 aliphatic carbocycles. The first-order valence-corrected chi connectivity index (χ1v) is 5.54. The number of hydrogen-bond donors (Lipinski definition) is 1. The molecule has 3 aliphatic heterocycles. The third kappa shape index (κ3) is 0.683. The Morgan fingerprint density at radius 1 is 1.25 bits per heavy atom. The van der Waals surface area contributed by atoms with Crippen LogP contribution in [0.1, 0.15) is 0 Å². The Bertz CT molecular complexity index is 761. The van der Waals surface area contributed by atoms with Gasteiger partial charge in [0, 0.05) is 0 Å². The molecule has 0 radical (unpaired) electrons. The highest BCUT2D eigenvalue weighted by molar-refractivity contribution is 7.49. The van der Waals surface area contributed by atoms with Crippen LogP contribution in [0.25, 0.3) is 11.2 Å². The van der Waals surface area contributed by atoms with Crippen molar-refractivity contribution in [2.45, 2.75) is 0 Å². The molecule has 0 amide bonds. The van der Waals surface area contributed by atoms with E-state index in [4.69, 9.17) is 19.5 Å². The minimum atomic E-state index is -3.85. The Balaban J connectivity index is 2.36. The predicted molar refractivity (Wildman–Crippen MR) is 47.6 cm³/mol. The zero-order valence-electron chi connectivity index (χ0n) is 7.35. The Morgan fingerprint density at radius 3 is 2.81 bits per heavy atom. The van der Waals surface area contributed by atoms with Crippen LogP contribution in [0, 0.1) is 0 Å². The summed E-state index contributed by atoms with van der Waals surface area (Å²) in [5, 5.41) is 0. The van der Waals surface area contributed by atoms with Crippen molar-refractivity contribution in [2.24, 2.45) is 0 Å². The molecule has 5 rings (SSSR count). The molecule has 0 aromatic carbocycles. The van der Waals surface area contributed by atoms with E-state index in [0.29, 0.717) is 0 Å². The fourth-order valence-electron chi connectivity index (χ4n) is 1.57. The summed E-state index contributed by atoms with van der Waals surface area (Å²) >= 11 is 0. The Morgan fingerprint density at radius 2 is 2.00 bits per heavy atom. The first-order chi connectivity index (χ1) is 7.57.